The summed E-state index contributed by atoms with van der Waals surface area (Å²) in [7, 11) is 3.15. The van der Waals surface area contributed by atoms with Crippen LogP contribution in [-0.4, -0.2) is 51.2 Å². The Kier molecular flexibility index (Phi) is 5.57. The number of amides is 1. The Balaban J connectivity index is 1.67. The molecule has 0 aromatic heterocycles. The molecule has 1 fully saturated rings. The maximum absolute atomic E-state index is 12.8. The highest BCUT2D eigenvalue weighted by Gasteiger charge is 2.23. The van der Waals surface area contributed by atoms with Gasteiger partial charge in [-0.1, -0.05) is 17.7 Å². The molecule has 1 aliphatic heterocycles. The smallest absolute Gasteiger partial charge is 0.254 e. The average Bonchev–Trinajstić information content (AvgIpc) is 2.69. The van der Waals surface area contributed by atoms with Crippen molar-refractivity contribution in [1.82, 2.24) is 4.90 Å². The normalized spacial score (nSPS) is 14.3. The average molecular weight is 375 g/mol. The van der Waals surface area contributed by atoms with E-state index in [2.05, 4.69) is 11.0 Å². The van der Waals surface area contributed by atoms with Gasteiger partial charge in [-0.2, -0.15) is 0 Å². The van der Waals surface area contributed by atoms with Gasteiger partial charge in [-0.05, 0) is 42.8 Å². The Morgan fingerprint density at radius 1 is 0.962 bits per heavy atom. The number of anilines is 1. The summed E-state index contributed by atoms with van der Waals surface area (Å²) in [4.78, 5) is 16.9. The van der Waals surface area contributed by atoms with Crippen LogP contribution < -0.4 is 14.4 Å². The molecule has 0 aliphatic carbocycles. The van der Waals surface area contributed by atoms with Crippen molar-refractivity contribution in [1.29, 1.82) is 0 Å². The third-order valence-corrected chi connectivity index (χ3v) is 5.13. The van der Waals surface area contributed by atoms with Gasteiger partial charge in [0.25, 0.3) is 5.91 Å². The van der Waals surface area contributed by atoms with Crippen LogP contribution in [0.4, 0.5) is 5.69 Å². The minimum absolute atomic E-state index is 0.00698. The summed E-state index contributed by atoms with van der Waals surface area (Å²) >= 11 is 6.23. The fraction of sp³-hybridized carbons (Fsp3) is 0.350. The van der Waals surface area contributed by atoms with E-state index >= 15 is 0 Å². The van der Waals surface area contributed by atoms with E-state index in [4.69, 9.17) is 21.1 Å². The van der Waals surface area contributed by atoms with E-state index in [1.165, 1.54) is 0 Å². The van der Waals surface area contributed by atoms with E-state index in [0.717, 1.165) is 29.4 Å². The Hall–Kier alpha value is -2.40. The van der Waals surface area contributed by atoms with Crippen LogP contribution in [0.5, 0.6) is 11.5 Å². The molecular weight excluding hydrogens is 352 g/mol. The molecule has 26 heavy (non-hydrogen) atoms. The van der Waals surface area contributed by atoms with Gasteiger partial charge in [0.2, 0.25) is 0 Å². The van der Waals surface area contributed by atoms with Crippen LogP contribution in [0.3, 0.4) is 0 Å². The van der Waals surface area contributed by atoms with Crippen molar-refractivity contribution in [3.05, 3.63) is 52.5 Å². The standard InChI is InChI=1S/C20H23ClN2O3/c1-14-4-6-16(13-17(14)21)22-8-10-23(11-9-22)20(24)15-5-7-18(25-2)19(12-15)26-3/h4-7,12-13H,8-11H2,1-3H3. The number of halogens is 1. The van der Waals surface area contributed by atoms with Gasteiger partial charge in [-0.3, -0.25) is 4.79 Å². The Labute approximate surface area is 159 Å². The second kappa shape index (κ2) is 7.87. The van der Waals surface area contributed by atoms with E-state index < -0.39 is 0 Å². The van der Waals surface area contributed by atoms with Gasteiger partial charge in [0.15, 0.2) is 11.5 Å². The van der Waals surface area contributed by atoms with Crippen LogP contribution in [0.25, 0.3) is 0 Å². The lowest BCUT2D eigenvalue weighted by molar-refractivity contribution is 0.0746. The summed E-state index contributed by atoms with van der Waals surface area (Å²) in [6.07, 6.45) is 0. The summed E-state index contributed by atoms with van der Waals surface area (Å²) in [5.74, 6) is 1.18. The first-order valence-corrected chi connectivity index (χ1v) is 8.93. The molecule has 138 valence electrons. The molecule has 2 aromatic rings. The minimum Gasteiger partial charge on any atom is -0.493 e. The third kappa shape index (κ3) is 3.73. The Bertz CT molecular complexity index is 802. The van der Waals surface area contributed by atoms with Crippen LogP contribution >= 0.6 is 11.6 Å². The molecule has 1 amide bonds. The highest BCUT2D eigenvalue weighted by molar-refractivity contribution is 6.31. The Morgan fingerprint density at radius 2 is 1.65 bits per heavy atom. The van der Waals surface area contributed by atoms with E-state index in [1.807, 2.05) is 24.0 Å². The zero-order chi connectivity index (χ0) is 18.7. The lowest BCUT2D eigenvalue weighted by Gasteiger charge is -2.36. The molecule has 0 bridgehead atoms. The number of aryl methyl sites for hydroxylation is 1. The number of carbonyl (C=O) groups excluding carboxylic acids is 1. The minimum atomic E-state index is 0.00698. The van der Waals surface area contributed by atoms with Gasteiger partial charge in [0.1, 0.15) is 0 Å². The summed E-state index contributed by atoms with van der Waals surface area (Å²) < 4.78 is 10.5. The quantitative estimate of drug-likeness (QED) is 0.819. The van der Waals surface area contributed by atoms with Crippen molar-refractivity contribution in [3.8, 4) is 11.5 Å². The van der Waals surface area contributed by atoms with Crippen molar-refractivity contribution < 1.29 is 14.3 Å². The molecule has 0 radical (unpaired) electrons. The number of nitrogens with zero attached hydrogens (tertiary/aromatic N) is 2. The molecule has 0 saturated carbocycles. The van der Waals surface area contributed by atoms with Gasteiger partial charge in [-0.15, -0.1) is 0 Å². The van der Waals surface area contributed by atoms with Gasteiger partial charge < -0.3 is 19.3 Å². The van der Waals surface area contributed by atoms with Gasteiger partial charge in [-0.25, -0.2) is 0 Å². The molecule has 6 heteroatoms. The first kappa shape index (κ1) is 18.4. The van der Waals surface area contributed by atoms with Crippen LogP contribution in [0.2, 0.25) is 5.02 Å². The molecule has 5 nitrogen and oxygen atoms in total. The molecule has 1 saturated heterocycles. The molecule has 1 heterocycles. The SMILES string of the molecule is COc1ccc(C(=O)N2CCN(c3ccc(C)c(Cl)c3)CC2)cc1OC. The number of hydrogen-bond donors (Lipinski definition) is 0. The van der Waals surface area contributed by atoms with Crippen LogP contribution in [0, 0.1) is 6.92 Å². The highest BCUT2D eigenvalue weighted by Crippen LogP contribution is 2.29. The number of methoxy groups -OCH3 is 2. The maximum Gasteiger partial charge on any atom is 0.254 e. The maximum atomic E-state index is 12.8. The van der Waals surface area contributed by atoms with Crippen molar-refractivity contribution in [3.63, 3.8) is 0 Å². The molecule has 2 aromatic carbocycles. The molecule has 1 aliphatic rings. The molecule has 3 rings (SSSR count). The number of carbonyl (C=O) groups is 1. The number of benzene rings is 2. The second-order valence-electron chi connectivity index (χ2n) is 6.28. The predicted molar refractivity (Wildman–Crippen MR) is 104 cm³/mol. The van der Waals surface area contributed by atoms with Crippen molar-refractivity contribution in [2.45, 2.75) is 6.92 Å². The molecule has 0 spiro atoms. The zero-order valence-corrected chi connectivity index (χ0v) is 16.0. The van der Waals surface area contributed by atoms with Crippen molar-refractivity contribution >= 4 is 23.2 Å². The summed E-state index contributed by atoms with van der Waals surface area (Å²) in [6.45, 7) is 4.88. The number of ether oxygens (including phenoxy) is 2. The number of hydrogen-bond acceptors (Lipinski definition) is 4. The van der Waals surface area contributed by atoms with Crippen LogP contribution in [0.1, 0.15) is 15.9 Å². The highest BCUT2D eigenvalue weighted by atomic mass is 35.5. The van der Waals surface area contributed by atoms with E-state index in [-0.39, 0.29) is 5.91 Å². The Morgan fingerprint density at radius 3 is 2.27 bits per heavy atom. The van der Waals surface area contributed by atoms with Crippen LogP contribution in [-0.2, 0) is 0 Å². The largest absolute Gasteiger partial charge is 0.493 e. The summed E-state index contributed by atoms with van der Waals surface area (Å²) in [5, 5.41) is 0.770. The molecular formula is C20H23ClN2O3. The first-order chi connectivity index (χ1) is 12.5. The first-order valence-electron chi connectivity index (χ1n) is 8.56. The monoisotopic (exact) mass is 374 g/mol. The molecule has 0 unspecified atom stereocenters. The van der Waals surface area contributed by atoms with Gasteiger partial charge in [0, 0.05) is 42.5 Å². The zero-order valence-electron chi connectivity index (χ0n) is 15.3. The summed E-state index contributed by atoms with van der Waals surface area (Å²) in [5.41, 5.74) is 2.77. The van der Waals surface area contributed by atoms with Crippen LogP contribution in [0.15, 0.2) is 36.4 Å². The third-order valence-electron chi connectivity index (χ3n) is 4.72. The van der Waals surface area contributed by atoms with E-state index in [0.29, 0.717) is 30.2 Å². The van der Waals surface area contributed by atoms with Gasteiger partial charge >= 0.3 is 0 Å². The number of rotatable bonds is 4. The van der Waals surface area contributed by atoms with Gasteiger partial charge in [0.05, 0.1) is 14.2 Å². The second-order valence-corrected chi connectivity index (χ2v) is 6.69. The van der Waals surface area contributed by atoms with E-state index in [1.54, 1.807) is 32.4 Å². The van der Waals surface area contributed by atoms with Crippen molar-refractivity contribution in [2.75, 3.05) is 45.3 Å². The molecule has 0 atom stereocenters. The summed E-state index contributed by atoms with van der Waals surface area (Å²) in [6, 6.07) is 11.4. The van der Waals surface area contributed by atoms with Crippen molar-refractivity contribution in [2.24, 2.45) is 0 Å². The topological polar surface area (TPSA) is 42.0 Å². The lowest BCUT2D eigenvalue weighted by Crippen LogP contribution is -2.48. The predicted octanol–water partition coefficient (Wildman–Crippen LogP) is 3.63. The van der Waals surface area contributed by atoms with E-state index in [9.17, 15) is 4.79 Å². The lowest BCUT2D eigenvalue weighted by atomic mass is 10.1. The molecule has 0 N–H and O–H groups in total. The fourth-order valence-electron chi connectivity index (χ4n) is 3.10. The number of piperazine rings is 1. The fourth-order valence-corrected chi connectivity index (χ4v) is 3.27.